The van der Waals surface area contributed by atoms with Crippen molar-refractivity contribution in [2.24, 2.45) is 0 Å². The molecule has 0 unspecified atom stereocenters. The van der Waals surface area contributed by atoms with Crippen LogP contribution in [0.15, 0.2) is 36.4 Å². The SMILES string of the molecule is Cc1ccc(NC(=O)COC(=O)c2ccc(C)c(C)c2)c([N+](=O)[O-])c1. The lowest BCUT2D eigenvalue weighted by atomic mass is 10.1. The Labute approximate surface area is 144 Å². The predicted molar refractivity (Wildman–Crippen MR) is 92.7 cm³/mol. The fourth-order valence-corrected chi connectivity index (χ4v) is 2.17. The monoisotopic (exact) mass is 342 g/mol. The number of carbonyl (C=O) groups excluding carboxylic acids is 2. The Morgan fingerprint density at radius 1 is 1.08 bits per heavy atom. The molecule has 1 amide bonds. The molecular weight excluding hydrogens is 324 g/mol. The van der Waals surface area contributed by atoms with Crippen LogP contribution in [0.2, 0.25) is 0 Å². The second kappa shape index (κ2) is 7.57. The van der Waals surface area contributed by atoms with Crippen molar-refractivity contribution in [3.8, 4) is 0 Å². The van der Waals surface area contributed by atoms with Crippen molar-refractivity contribution >= 4 is 23.3 Å². The minimum absolute atomic E-state index is 0.0582. The zero-order chi connectivity index (χ0) is 18.6. The van der Waals surface area contributed by atoms with Gasteiger partial charge in [-0.1, -0.05) is 12.1 Å². The van der Waals surface area contributed by atoms with Crippen LogP contribution >= 0.6 is 0 Å². The van der Waals surface area contributed by atoms with Crippen molar-refractivity contribution < 1.29 is 19.2 Å². The molecule has 0 aliphatic carbocycles. The average Bonchev–Trinajstić information content (AvgIpc) is 2.56. The van der Waals surface area contributed by atoms with Crippen molar-refractivity contribution in [1.29, 1.82) is 0 Å². The number of benzene rings is 2. The van der Waals surface area contributed by atoms with Crippen molar-refractivity contribution in [3.63, 3.8) is 0 Å². The molecule has 0 saturated heterocycles. The van der Waals surface area contributed by atoms with E-state index in [0.717, 1.165) is 11.1 Å². The summed E-state index contributed by atoms with van der Waals surface area (Å²) >= 11 is 0. The first-order valence-electron chi connectivity index (χ1n) is 7.57. The van der Waals surface area contributed by atoms with Gasteiger partial charge in [0.05, 0.1) is 10.5 Å². The third-order valence-corrected chi connectivity index (χ3v) is 3.70. The molecule has 7 heteroatoms. The number of nitrogens with one attached hydrogen (secondary N) is 1. The highest BCUT2D eigenvalue weighted by molar-refractivity contribution is 5.96. The number of hydrogen-bond donors (Lipinski definition) is 1. The average molecular weight is 342 g/mol. The van der Waals surface area contributed by atoms with Crippen LogP contribution in [-0.4, -0.2) is 23.4 Å². The Kier molecular flexibility index (Phi) is 5.49. The van der Waals surface area contributed by atoms with E-state index < -0.39 is 23.4 Å². The van der Waals surface area contributed by atoms with E-state index in [1.54, 1.807) is 31.2 Å². The second-order valence-corrected chi connectivity index (χ2v) is 5.70. The zero-order valence-electron chi connectivity index (χ0n) is 14.2. The summed E-state index contributed by atoms with van der Waals surface area (Å²) < 4.78 is 4.96. The molecule has 2 aromatic rings. The first-order chi connectivity index (χ1) is 11.8. The molecule has 0 radical (unpaired) electrons. The maximum absolute atomic E-state index is 12.0. The Bertz CT molecular complexity index is 845. The molecule has 7 nitrogen and oxygen atoms in total. The molecular formula is C18H18N2O5. The molecule has 1 N–H and O–H groups in total. The van der Waals surface area contributed by atoms with E-state index in [0.29, 0.717) is 11.1 Å². The smallest absolute Gasteiger partial charge is 0.338 e. The number of hydrogen-bond acceptors (Lipinski definition) is 5. The first kappa shape index (κ1) is 18.1. The van der Waals surface area contributed by atoms with Gasteiger partial charge in [-0.25, -0.2) is 4.79 Å². The Morgan fingerprint density at radius 3 is 2.44 bits per heavy atom. The van der Waals surface area contributed by atoms with Crippen LogP contribution in [0, 0.1) is 30.9 Å². The molecule has 0 heterocycles. The number of nitro benzene ring substituents is 1. The molecule has 130 valence electrons. The molecule has 0 spiro atoms. The van der Waals surface area contributed by atoms with Crippen LogP contribution in [0.1, 0.15) is 27.0 Å². The Morgan fingerprint density at radius 2 is 1.80 bits per heavy atom. The third-order valence-electron chi connectivity index (χ3n) is 3.70. The normalized spacial score (nSPS) is 10.2. The highest BCUT2D eigenvalue weighted by atomic mass is 16.6. The lowest BCUT2D eigenvalue weighted by Gasteiger charge is -2.08. The summed E-state index contributed by atoms with van der Waals surface area (Å²) in [5.41, 5.74) is 2.87. The predicted octanol–water partition coefficient (Wildman–Crippen LogP) is 3.32. The molecule has 25 heavy (non-hydrogen) atoms. The van der Waals surface area contributed by atoms with Gasteiger partial charge in [-0.15, -0.1) is 0 Å². The maximum Gasteiger partial charge on any atom is 0.338 e. The van der Waals surface area contributed by atoms with Crippen LogP contribution in [0.25, 0.3) is 0 Å². The van der Waals surface area contributed by atoms with E-state index in [2.05, 4.69) is 5.32 Å². The van der Waals surface area contributed by atoms with Gasteiger partial charge in [0, 0.05) is 6.07 Å². The van der Waals surface area contributed by atoms with Crippen LogP contribution in [0.5, 0.6) is 0 Å². The van der Waals surface area contributed by atoms with Crippen molar-refractivity contribution in [2.45, 2.75) is 20.8 Å². The van der Waals surface area contributed by atoms with E-state index in [1.807, 2.05) is 13.8 Å². The molecule has 0 aliphatic heterocycles. The third kappa shape index (κ3) is 4.63. The minimum Gasteiger partial charge on any atom is -0.452 e. The van der Waals surface area contributed by atoms with Crippen molar-refractivity contribution in [3.05, 3.63) is 68.8 Å². The number of amides is 1. The maximum atomic E-state index is 12.0. The molecule has 0 fully saturated rings. The highest BCUT2D eigenvalue weighted by Crippen LogP contribution is 2.25. The topological polar surface area (TPSA) is 98.5 Å². The fourth-order valence-electron chi connectivity index (χ4n) is 2.17. The standard InChI is InChI=1S/C18H18N2O5/c1-11-4-7-15(16(8-11)20(23)24)19-17(21)10-25-18(22)14-6-5-12(2)13(3)9-14/h4-9H,10H2,1-3H3,(H,19,21). The van der Waals surface area contributed by atoms with Gasteiger partial charge in [0.15, 0.2) is 6.61 Å². The highest BCUT2D eigenvalue weighted by Gasteiger charge is 2.17. The number of nitro groups is 1. The molecule has 0 bridgehead atoms. The van der Waals surface area contributed by atoms with Gasteiger partial charge in [0.25, 0.3) is 11.6 Å². The fraction of sp³-hybridized carbons (Fsp3) is 0.222. The minimum atomic E-state index is -0.649. The number of anilines is 1. The lowest BCUT2D eigenvalue weighted by Crippen LogP contribution is -2.21. The molecule has 0 aliphatic rings. The first-order valence-corrected chi connectivity index (χ1v) is 7.57. The largest absolute Gasteiger partial charge is 0.452 e. The zero-order valence-corrected chi connectivity index (χ0v) is 14.2. The molecule has 0 saturated carbocycles. The second-order valence-electron chi connectivity index (χ2n) is 5.70. The van der Waals surface area contributed by atoms with Gasteiger partial charge < -0.3 is 10.1 Å². The van der Waals surface area contributed by atoms with Gasteiger partial charge in [-0.05, 0) is 55.7 Å². The molecule has 2 aromatic carbocycles. The van der Waals surface area contributed by atoms with Crippen LogP contribution in [0.3, 0.4) is 0 Å². The van der Waals surface area contributed by atoms with E-state index in [-0.39, 0.29) is 11.4 Å². The van der Waals surface area contributed by atoms with Crippen LogP contribution in [0.4, 0.5) is 11.4 Å². The summed E-state index contributed by atoms with van der Waals surface area (Å²) in [6.07, 6.45) is 0. The van der Waals surface area contributed by atoms with E-state index in [4.69, 9.17) is 4.74 Å². The summed E-state index contributed by atoms with van der Waals surface area (Å²) in [6.45, 7) is 4.97. The molecule has 0 atom stereocenters. The summed E-state index contributed by atoms with van der Waals surface area (Å²) in [5.74, 6) is -1.28. The van der Waals surface area contributed by atoms with E-state index in [1.165, 1.54) is 12.1 Å². The number of ether oxygens (including phenoxy) is 1. The lowest BCUT2D eigenvalue weighted by molar-refractivity contribution is -0.384. The quantitative estimate of drug-likeness (QED) is 0.510. The van der Waals surface area contributed by atoms with Gasteiger partial charge in [-0.3, -0.25) is 14.9 Å². The summed E-state index contributed by atoms with van der Waals surface area (Å²) in [5, 5.41) is 13.4. The van der Waals surface area contributed by atoms with Crippen LogP contribution in [-0.2, 0) is 9.53 Å². The number of esters is 1. The summed E-state index contributed by atoms with van der Waals surface area (Å²) in [6, 6.07) is 9.53. The molecule has 0 aromatic heterocycles. The van der Waals surface area contributed by atoms with Crippen molar-refractivity contribution in [2.75, 3.05) is 11.9 Å². The Hall–Kier alpha value is -3.22. The van der Waals surface area contributed by atoms with Gasteiger partial charge >= 0.3 is 5.97 Å². The van der Waals surface area contributed by atoms with E-state index >= 15 is 0 Å². The van der Waals surface area contributed by atoms with Crippen LogP contribution < -0.4 is 5.32 Å². The van der Waals surface area contributed by atoms with Gasteiger partial charge in [0.1, 0.15) is 5.69 Å². The number of carbonyl (C=O) groups is 2. The Balaban J connectivity index is 2.00. The van der Waals surface area contributed by atoms with Crippen molar-refractivity contribution in [1.82, 2.24) is 0 Å². The number of nitrogens with zero attached hydrogens (tertiary/aromatic N) is 1. The summed E-state index contributed by atoms with van der Waals surface area (Å²) in [4.78, 5) is 34.3. The van der Waals surface area contributed by atoms with E-state index in [9.17, 15) is 19.7 Å². The molecule has 2 rings (SSSR count). The van der Waals surface area contributed by atoms with Gasteiger partial charge in [-0.2, -0.15) is 0 Å². The van der Waals surface area contributed by atoms with Gasteiger partial charge in [0.2, 0.25) is 0 Å². The summed E-state index contributed by atoms with van der Waals surface area (Å²) in [7, 11) is 0. The number of rotatable bonds is 5. The number of aryl methyl sites for hydroxylation is 3.